The molecule has 0 saturated heterocycles. The van der Waals surface area contributed by atoms with Crippen molar-refractivity contribution < 1.29 is 9.53 Å². The molecule has 0 radical (unpaired) electrons. The van der Waals surface area contributed by atoms with E-state index in [1.165, 1.54) is 7.11 Å². The maximum atomic E-state index is 11.5. The highest BCUT2D eigenvalue weighted by atomic mass is 16.5. The first-order valence-corrected chi connectivity index (χ1v) is 5.68. The van der Waals surface area contributed by atoms with E-state index in [0.717, 1.165) is 17.8 Å². The second-order valence-electron chi connectivity index (χ2n) is 4.52. The fraction of sp³-hybridized carbons (Fsp3) is 0.462. The van der Waals surface area contributed by atoms with E-state index < -0.39 is 5.97 Å². The molecular formula is C13H20N2O2. The van der Waals surface area contributed by atoms with Gasteiger partial charge < -0.3 is 15.8 Å². The van der Waals surface area contributed by atoms with Gasteiger partial charge in [0.15, 0.2) is 0 Å². The van der Waals surface area contributed by atoms with E-state index in [9.17, 15) is 4.79 Å². The molecule has 0 atom stereocenters. The SMILES string of the molecule is COC(=O)c1cc(NCC(C)C)cc(C)c1N. The smallest absolute Gasteiger partial charge is 0.340 e. The molecule has 0 aromatic heterocycles. The number of nitrogen functional groups attached to an aromatic ring is 1. The van der Waals surface area contributed by atoms with Crippen LogP contribution in [0.5, 0.6) is 0 Å². The van der Waals surface area contributed by atoms with E-state index in [0.29, 0.717) is 17.2 Å². The highest BCUT2D eigenvalue weighted by Crippen LogP contribution is 2.23. The van der Waals surface area contributed by atoms with Gasteiger partial charge >= 0.3 is 5.97 Å². The van der Waals surface area contributed by atoms with Crippen molar-refractivity contribution in [2.45, 2.75) is 20.8 Å². The van der Waals surface area contributed by atoms with Gasteiger partial charge in [-0.1, -0.05) is 13.8 Å². The van der Waals surface area contributed by atoms with Crippen LogP contribution in [0.3, 0.4) is 0 Å². The number of hydrogen-bond donors (Lipinski definition) is 2. The Bertz CT molecular complexity index is 414. The number of nitrogens with one attached hydrogen (secondary N) is 1. The summed E-state index contributed by atoms with van der Waals surface area (Å²) in [5.41, 5.74) is 8.52. The molecule has 0 spiro atoms. The van der Waals surface area contributed by atoms with Gasteiger partial charge in [-0.15, -0.1) is 0 Å². The zero-order valence-corrected chi connectivity index (χ0v) is 10.8. The van der Waals surface area contributed by atoms with Crippen LogP contribution in [-0.2, 0) is 4.74 Å². The molecule has 0 unspecified atom stereocenters. The average molecular weight is 236 g/mol. The predicted molar refractivity (Wildman–Crippen MR) is 70.3 cm³/mol. The van der Waals surface area contributed by atoms with Crippen LogP contribution in [0, 0.1) is 12.8 Å². The summed E-state index contributed by atoms with van der Waals surface area (Å²) in [4.78, 5) is 11.5. The molecule has 94 valence electrons. The number of esters is 1. The number of methoxy groups -OCH3 is 1. The lowest BCUT2D eigenvalue weighted by atomic mass is 10.1. The Hall–Kier alpha value is -1.71. The van der Waals surface area contributed by atoms with E-state index in [-0.39, 0.29) is 0 Å². The van der Waals surface area contributed by atoms with Crippen LogP contribution in [0.4, 0.5) is 11.4 Å². The van der Waals surface area contributed by atoms with Crippen molar-refractivity contribution in [1.82, 2.24) is 0 Å². The lowest BCUT2D eigenvalue weighted by Crippen LogP contribution is -2.11. The second-order valence-corrected chi connectivity index (χ2v) is 4.52. The van der Waals surface area contributed by atoms with Crippen LogP contribution >= 0.6 is 0 Å². The van der Waals surface area contributed by atoms with E-state index >= 15 is 0 Å². The molecule has 4 heteroatoms. The number of benzene rings is 1. The molecule has 0 fully saturated rings. The topological polar surface area (TPSA) is 64.3 Å². The molecule has 0 aliphatic carbocycles. The Kier molecular flexibility index (Phi) is 4.37. The number of anilines is 2. The molecular weight excluding hydrogens is 216 g/mol. The summed E-state index contributed by atoms with van der Waals surface area (Å²) in [5.74, 6) is 0.133. The quantitative estimate of drug-likeness (QED) is 0.622. The molecule has 0 saturated carbocycles. The number of aryl methyl sites for hydroxylation is 1. The van der Waals surface area contributed by atoms with E-state index in [2.05, 4.69) is 19.2 Å². The molecule has 0 heterocycles. The van der Waals surface area contributed by atoms with Gasteiger partial charge in [-0.25, -0.2) is 4.79 Å². The van der Waals surface area contributed by atoms with Gasteiger partial charge in [0.05, 0.1) is 12.7 Å². The summed E-state index contributed by atoms with van der Waals surface area (Å²) in [6, 6.07) is 3.67. The summed E-state index contributed by atoms with van der Waals surface area (Å²) >= 11 is 0. The molecule has 3 N–H and O–H groups in total. The Morgan fingerprint density at radius 1 is 1.47 bits per heavy atom. The molecule has 1 rings (SSSR count). The third-order valence-corrected chi connectivity index (χ3v) is 2.51. The lowest BCUT2D eigenvalue weighted by molar-refractivity contribution is 0.0602. The van der Waals surface area contributed by atoms with Crippen molar-refractivity contribution in [3.05, 3.63) is 23.3 Å². The summed E-state index contributed by atoms with van der Waals surface area (Å²) in [6.07, 6.45) is 0. The Balaban J connectivity index is 3.01. The number of nitrogens with two attached hydrogens (primary N) is 1. The van der Waals surface area contributed by atoms with Crippen LogP contribution in [-0.4, -0.2) is 19.6 Å². The van der Waals surface area contributed by atoms with E-state index in [1.54, 1.807) is 6.07 Å². The van der Waals surface area contributed by atoms with Gasteiger partial charge in [0, 0.05) is 17.9 Å². The second kappa shape index (κ2) is 5.57. The molecule has 17 heavy (non-hydrogen) atoms. The lowest BCUT2D eigenvalue weighted by Gasteiger charge is -2.13. The molecule has 1 aromatic rings. The summed E-state index contributed by atoms with van der Waals surface area (Å²) < 4.78 is 4.71. The van der Waals surface area contributed by atoms with Gasteiger partial charge in [-0.2, -0.15) is 0 Å². The van der Waals surface area contributed by atoms with Crippen LogP contribution < -0.4 is 11.1 Å². The van der Waals surface area contributed by atoms with Crippen molar-refractivity contribution in [2.75, 3.05) is 24.7 Å². The highest BCUT2D eigenvalue weighted by molar-refractivity contribution is 5.97. The van der Waals surface area contributed by atoms with Crippen LogP contribution in [0.25, 0.3) is 0 Å². The summed E-state index contributed by atoms with van der Waals surface area (Å²) in [5, 5.41) is 3.27. The van der Waals surface area contributed by atoms with Crippen LogP contribution in [0.2, 0.25) is 0 Å². The van der Waals surface area contributed by atoms with Gasteiger partial charge in [0.2, 0.25) is 0 Å². The fourth-order valence-corrected chi connectivity index (χ4v) is 1.50. The molecule has 0 aliphatic heterocycles. The Morgan fingerprint density at radius 2 is 2.12 bits per heavy atom. The zero-order chi connectivity index (χ0) is 13.0. The third kappa shape index (κ3) is 3.37. The predicted octanol–water partition coefficient (Wildman–Crippen LogP) is 2.43. The van der Waals surface area contributed by atoms with E-state index in [4.69, 9.17) is 10.5 Å². The van der Waals surface area contributed by atoms with Gasteiger partial charge in [-0.3, -0.25) is 0 Å². The maximum Gasteiger partial charge on any atom is 0.340 e. The van der Waals surface area contributed by atoms with Gasteiger partial charge in [-0.05, 0) is 30.5 Å². The van der Waals surface area contributed by atoms with E-state index in [1.807, 2.05) is 13.0 Å². The minimum absolute atomic E-state index is 0.404. The zero-order valence-electron chi connectivity index (χ0n) is 10.8. The van der Waals surface area contributed by atoms with Crippen molar-refractivity contribution in [3.63, 3.8) is 0 Å². The largest absolute Gasteiger partial charge is 0.465 e. The molecule has 0 aliphatic rings. The molecule has 0 bridgehead atoms. The number of carbonyl (C=O) groups is 1. The normalized spacial score (nSPS) is 10.4. The minimum Gasteiger partial charge on any atom is -0.465 e. The number of hydrogen-bond acceptors (Lipinski definition) is 4. The minimum atomic E-state index is -0.404. The fourth-order valence-electron chi connectivity index (χ4n) is 1.50. The Morgan fingerprint density at radius 3 is 2.65 bits per heavy atom. The molecule has 1 aromatic carbocycles. The van der Waals surface area contributed by atoms with Crippen molar-refractivity contribution >= 4 is 17.3 Å². The summed E-state index contributed by atoms with van der Waals surface area (Å²) in [7, 11) is 1.35. The Labute approximate surface area is 102 Å². The monoisotopic (exact) mass is 236 g/mol. The average Bonchev–Trinajstić information content (AvgIpc) is 2.29. The standard InChI is InChI=1S/C13H20N2O2/c1-8(2)7-15-10-5-9(3)12(14)11(6-10)13(16)17-4/h5-6,8,15H,7,14H2,1-4H3. The number of rotatable bonds is 4. The van der Waals surface area contributed by atoms with Gasteiger partial charge in [0.25, 0.3) is 0 Å². The molecule has 4 nitrogen and oxygen atoms in total. The summed E-state index contributed by atoms with van der Waals surface area (Å²) in [6.45, 7) is 6.98. The molecule has 0 amide bonds. The van der Waals surface area contributed by atoms with Crippen molar-refractivity contribution in [1.29, 1.82) is 0 Å². The number of ether oxygens (including phenoxy) is 1. The maximum absolute atomic E-state index is 11.5. The first-order valence-electron chi connectivity index (χ1n) is 5.68. The van der Waals surface area contributed by atoms with Crippen molar-refractivity contribution in [3.8, 4) is 0 Å². The van der Waals surface area contributed by atoms with Crippen LogP contribution in [0.1, 0.15) is 29.8 Å². The van der Waals surface area contributed by atoms with Crippen molar-refractivity contribution in [2.24, 2.45) is 5.92 Å². The van der Waals surface area contributed by atoms with Crippen LogP contribution in [0.15, 0.2) is 12.1 Å². The third-order valence-electron chi connectivity index (χ3n) is 2.51. The number of carbonyl (C=O) groups excluding carboxylic acids is 1. The van der Waals surface area contributed by atoms with Gasteiger partial charge in [0.1, 0.15) is 0 Å². The highest BCUT2D eigenvalue weighted by Gasteiger charge is 2.13. The first kappa shape index (κ1) is 13.4. The first-order chi connectivity index (χ1) is 7.95.